The van der Waals surface area contributed by atoms with E-state index in [1.54, 1.807) is 42.5 Å². The van der Waals surface area contributed by atoms with Gasteiger partial charge in [0.25, 0.3) is 5.89 Å². The van der Waals surface area contributed by atoms with Gasteiger partial charge in [0.2, 0.25) is 0 Å². The Kier molecular flexibility index (Phi) is 5.16. The van der Waals surface area contributed by atoms with Gasteiger partial charge in [0.05, 0.1) is 6.54 Å². The fraction of sp³-hybridized carbons (Fsp3) is 0.286. The number of halogens is 1. The van der Waals surface area contributed by atoms with E-state index in [0.717, 1.165) is 0 Å². The predicted octanol–water partition coefficient (Wildman–Crippen LogP) is 2.87. The number of benzene rings is 1. The van der Waals surface area contributed by atoms with E-state index in [4.69, 9.17) is 4.52 Å². The van der Waals surface area contributed by atoms with Crippen LogP contribution in [0.5, 0.6) is 0 Å². The van der Waals surface area contributed by atoms with Crippen molar-refractivity contribution in [3.8, 4) is 0 Å². The third kappa shape index (κ3) is 3.65. The maximum Gasteiger partial charge on any atom is 0.501 e. The van der Waals surface area contributed by atoms with Crippen LogP contribution >= 0.6 is 0 Å². The molecule has 0 saturated carbocycles. The first-order valence-electron chi connectivity index (χ1n) is 9.48. The summed E-state index contributed by atoms with van der Waals surface area (Å²) in [5, 5.41) is 3.90. The average molecular weight is 395 g/mol. The molecule has 0 saturated heterocycles. The van der Waals surface area contributed by atoms with E-state index in [1.807, 2.05) is 6.92 Å². The van der Waals surface area contributed by atoms with Crippen LogP contribution < -0.4 is 0 Å². The molecule has 1 aromatic carbocycles. The Hall–Kier alpha value is -3.42. The number of allylic oxidation sites excluding steroid dienone is 3. The molecule has 8 heteroatoms. The highest BCUT2D eigenvalue weighted by Gasteiger charge is 2.46. The minimum Gasteiger partial charge on any atom is -0.335 e. The van der Waals surface area contributed by atoms with Crippen molar-refractivity contribution in [2.75, 3.05) is 6.54 Å². The zero-order valence-corrected chi connectivity index (χ0v) is 15.9. The highest BCUT2D eigenvalue weighted by Crippen LogP contribution is 2.21. The molecule has 4 rings (SSSR count). The zero-order valence-electron chi connectivity index (χ0n) is 15.9. The quantitative estimate of drug-likeness (QED) is 0.703. The number of hydrogen-bond donors (Lipinski definition) is 0. The van der Waals surface area contributed by atoms with Gasteiger partial charge in [0, 0.05) is 6.42 Å². The number of carbonyl (C=O) groups is 2. The molecular formula is C21H20FN4O3+. The number of amides is 3. The summed E-state index contributed by atoms with van der Waals surface area (Å²) in [6.45, 7) is 2.30. The fourth-order valence-corrected chi connectivity index (χ4v) is 3.48. The lowest BCUT2D eigenvalue weighted by molar-refractivity contribution is -0.460. The standard InChI is InChI=1S/C21H20FN4O3/c1-2-11-25-20(27)15-8-4-6-10-17(15)26(21(25)28)13-19-23-18(24-29-19)12-14-7-3-5-9-16(14)22/h3-10,15H,2,11-13H2,1H3/q+1. The largest absolute Gasteiger partial charge is 0.501 e. The van der Waals surface area contributed by atoms with Crippen molar-refractivity contribution in [1.82, 2.24) is 15.0 Å². The van der Waals surface area contributed by atoms with E-state index in [2.05, 4.69) is 10.1 Å². The van der Waals surface area contributed by atoms with Gasteiger partial charge in [-0.05, 0) is 24.1 Å². The second-order valence-electron chi connectivity index (χ2n) is 6.88. The van der Waals surface area contributed by atoms with Crippen LogP contribution in [0.2, 0.25) is 0 Å². The molecule has 0 bridgehead atoms. The van der Waals surface area contributed by atoms with Crippen LogP contribution in [0.3, 0.4) is 0 Å². The van der Waals surface area contributed by atoms with E-state index in [-0.39, 0.29) is 30.6 Å². The van der Waals surface area contributed by atoms with Gasteiger partial charge in [-0.2, -0.15) is 19.3 Å². The second kappa shape index (κ2) is 7.90. The highest BCUT2D eigenvalue weighted by molar-refractivity contribution is 6.16. The fourth-order valence-electron chi connectivity index (χ4n) is 3.48. The van der Waals surface area contributed by atoms with Crippen LogP contribution in [-0.4, -0.2) is 43.8 Å². The molecule has 0 radical (unpaired) electrons. The van der Waals surface area contributed by atoms with Crippen LogP contribution in [0, 0.1) is 11.7 Å². The Labute approximate surface area is 166 Å². The van der Waals surface area contributed by atoms with E-state index < -0.39 is 11.9 Å². The van der Waals surface area contributed by atoms with Gasteiger partial charge < -0.3 is 4.52 Å². The maximum absolute atomic E-state index is 13.8. The molecule has 2 aliphatic rings. The van der Waals surface area contributed by atoms with Crippen LogP contribution in [0.1, 0.15) is 30.6 Å². The van der Waals surface area contributed by atoms with Crippen LogP contribution in [-0.2, 0) is 17.8 Å². The average Bonchev–Trinajstić information content (AvgIpc) is 3.17. The lowest BCUT2D eigenvalue weighted by atomic mass is 9.94. The maximum atomic E-state index is 13.8. The van der Waals surface area contributed by atoms with Gasteiger partial charge in [-0.3, -0.25) is 0 Å². The molecule has 29 heavy (non-hydrogen) atoms. The van der Waals surface area contributed by atoms with Crippen molar-refractivity contribution in [2.45, 2.75) is 26.3 Å². The smallest absolute Gasteiger partial charge is 0.335 e. The molecule has 1 unspecified atom stereocenters. The summed E-state index contributed by atoms with van der Waals surface area (Å²) in [6.07, 6.45) is 7.96. The monoisotopic (exact) mass is 395 g/mol. The normalized spacial score (nSPS) is 18.6. The minimum atomic E-state index is -0.509. The topological polar surface area (TPSA) is 79.3 Å². The van der Waals surface area contributed by atoms with Gasteiger partial charge in [0.1, 0.15) is 17.4 Å². The summed E-state index contributed by atoms with van der Waals surface area (Å²) in [7, 11) is 0. The van der Waals surface area contributed by atoms with Gasteiger partial charge in [-0.15, -0.1) is 0 Å². The van der Waals surface area contributed by atoms with E-state index in [9.17, 15) is 14.0 Å². The van der Waals surface area contributed by atoms with Gasteiger partial charge in [0.15, 0.2) is 12.4 Å². The van der Waals surface area contributed by atoms with Crippen molar-refractivity contribution < 1.29 is 23.1 Å². The van der Waals surface area contributed by atoms with Crippen LogP contribution in [0.4, 0.5) is 9.18 Å². The summed E-state index contributed by atoms with van der Waals surface area (Å²) < 4.78 is 20.6. The number of rotatable bonds is 6. The lowest BCUT2D eigenvalue weighted by Crippen LogP contribution is -2.54. The predicted molar refractivity (Wildman–Crippen MR) is 102 cm³/mol. The summed E-state index contributed by atoms with van der Waals surface area (Å²) in [4.78, 5) is 31.2. The summed E-state index contributed by atoms with van der Waals surface area (Å²) in [6, 6.07) is 5.99. The molecule has 7 nitrogen and oxygen atoms in total. The molecule has 2 aromatic rings. The third-order valence-corrected chi connectivity index (χ3v) is 4.86. The van der Waals surface area contributed by atoms with Crippen LogP contribution in [0.25, 0.3) is 0 Å². The number of imide groups is 1. The summed E-state index contributed by atoms with van der Waals surface area (Å²) in [5.74, 6) is -0.516. The Morgan fingerprint density at radius 3 is 2.86 bits per heavy atom. The Bertz CT molecular complexity index is 1050. The number of urea groups is 1. The Morgan fingerprint density at radius 2 is 2.07 bits per heavy atom. The van der Waals surface area contributed by atoms with Crippen LogP contribution in [0.15, 0.2) is 53.1 Å². The first kappa shape index (κ1) is 18.9. The van der Waals surface area contributed by atoms with Gasteiger partial charge >= 0.3 is 11.9 Å². The molecular weight excluding hydrogens is 375 g/mol. The molecule has 148 valence electrons. The summed E-state index contributed by atoms with van der Waals surface area (Å²) in [5.41, 5.74) is 1.05. The molecule has 1 aromatic heterocycles. The van der Waals surface area contributed by atoms with Crippen molar-refractivity contribution in [3.63, 3.8) is 0 Å². The van der Waals surface area contributed by atoms with Crippen molar-refractivity contribution in [2.24, 2.45) is 5.92 Å². The lowest BCUT2D eigenvalue weighted by Gasteiger charge is -2.26. The second-order valence-corrected chi connectivity index (χ2v) is 6.88. The number of carbonyl (C=O) groups excluding carboxylic acids is 2. The summed E-state index contributed by atoms with van der Waals surface area (Å²) >= 11 is 0. The Balaban J connectivity index is 1.61. The third-order valence-electron chi connectivity index (χ3n) is 4.86. The van der Waals surface area contributed by atoms with Crippen molar-refractivity contribution >= 4 is 17.6 Å². The first-order chi connectivity index (χ1) is 14.1. The number of hydrogen-bond acceptors (Lipinski definition) is 5. The number of aromatic nitrogens is 2. The molecule has 0 N–H and O–H groups in total. The van der Waals surface area contributed by atoms with E-state index in [1.165, 1.54) is 15.5 Å². The van der Waals surface area contributed by atoms with Crippen molar-refractivity contribution in [3.05, 3.63) is 71.7 Å². The highest BCUT2D eigenvalue weighted by atomic mass is 19.1. The van der Waals surface area contributed by atoms with Gasteiger partial charge in [-0.25, -0.2) is 9.18 Å². The SMILES string of the molecule is CCCN1C(=O)C2C=CC=CC2=[N+](Cc2nc(Cc3ccccc3F)no2)C1=O. The number of fused-ring (bicyclic) bond motifs is 1. The molecule has 1 aliphatic heterocycles. The molecule has 3 amide bonds. The minimum absolute atomic E-state index is 0.0423. The zero-order chi connectivity index (χ0) is 20.4. The first-order valence-corrected chi connectivity index (χ1v) is 9.48. The van der Waals surface area contributed by atoms with Gasteiger partial charge in [-0.1, -0.05) is 48.5 Å². The van der Waals surface area contributed by atoms with E-state index >= 15 is 0 Å². The van der Waals surface area contributed by atoms with Crippen molar-refractivity contribution in [1.29, 1.82) is 0 Å². The molecule has 1 aliphatic carbocycles. The molecule has 0 spiro atoms. The Morgan fingerprint density at radius 1 is 1.24 bits per heavy atom. The molecule has 0 fully saturated rings. The molecule has 1 atom stereocenters. The number of nitrogens with zero attached hydrogens (tertiary/aromatic N) is 4. The molecule has 2 heterocycles. The van der Waals surface area contributed by atoms with E-state index in [0.29, 0.717) is 30.1 Å².